The van der Waals surface area contributed by atoms with Crippen molar-refractivity contribution in [3.63, 3.8) is 0 Å². The summed E-state index contributed by atoms with van der Waals surface area (Å²) in [6.45, 7) is 1.38. The van der Waals surface area contributed by atoms with Gasteiger partial charge in [-0.3, -0.25) is 4.79 Å². The molecule has 18 heavy (non-hydrogen) atoms. The Hall–Kier alpha value is -1.49. The number of carbonyl (C=O) groups is 1. The molecular formula is C13H19N3O2. The highest BCUT2D eigenvalue weighted by Gasteiger charge is 2.31. The van der Waals surface area contributed by atoms with E-state index in [2.05, 4.69) is 0 Å². The molecule has 2 aliphatic rings. The molecule has 0 aromatic carbocycles. The highest BCUT2D eigenvalue weighted by Crippen LogP contribution is 2.37. The molecule has 0 radical (unpaired) electrons. The van der Waals surface area contributed by atoms with Crippen molar-refractivity contribution < 1.29 is 9.53 Å². The van der Waals surface area contributed by atoms with Gasteiger partial charge in [0.25, 0.3) is 5.91 Å². The van der Waals surface area contributed by atoms with E-state index in [1.165, 1.54) is 0 Å². The van der Waals surface area contributed by atoms with Gasteiger partial charge in [0, 0.05) is 25.9 Å². The van der Waals surface area contributed by atoms with Crippen molar-refractivity contribution in [1.29, 1.82) is 0 Å². The van der Waals surface area contributed by atoms with Crippen LogP contribution in [-0.4, -0.2) is 41.7 Å². The van der Waals surface area contributed by atoms with Gasteiger partial charge >= 0.3 is 0 Å². The number of likely N-dealkylation sites (N-methyl/N-ethyl adjacent to an activating group) is 1. The third-order valence-electron chi connectivity index (χ3n) is 3.80. The largest absolute Gasteiger partial charge is 0.397 e. The Kier molecular flexibility index (Phi) is 2.78. The molecule has 1 unspecified atom stereocenters. The fourth-order valence-electron chi connectivity index (χ4n) is 2.50. The zero-order valence-electron chi connectivity index (χ0n) is 10.6. The molecule has 1 aromatic rings. The van der Waals surface area contributed by atoms with Gasteiger partial charge in [0.2, 0.25) is 0 Å². The lowest BCUT2D eigenvalue weighted by atomic mass is 10.2. The van der Waals surface area contributed by atoms with Gasteiger partial charge in [-0.25, -0.2) is 0 Å². The van der Waals surface area contributed by atoms with E-state index < -0.39 is 0 Å². The van der Waals surface area contributed by atoms with E-state index in [-0.39, 0.29) is 11.9 Å². The molecule has 1 saturated heterocycles. The topological polar surface area (TPSA) is 60.5 Å². The monoisotopic (exact) mass is 249 g/mol. The first-order valence-electron chi connectivity index (χ1n) is 6.49. The molecule has 1 saturated carbocycles. The van der Waals surface area contributed by atoms with Crippen LogP contribution in [0, 0.1) is 0 Å². The van der Waals surface area contributed by atoms with Crippen LogP contribution < -0.4 is 5.73 Å². The molecule has 1 atom stereocenters. The van der Waals surface area contributed by atoms with Crippen molar-refractivity contribution in [2.75, 3.05) is 26.0 Å². The van der Waals surface area contributed by atoms with Crippen molar-refractivity contribution >= 4 is 11.6 Å². The number of nitrogens with zero attached hydrogens (tertiary/aromatic N) is 2. The minimum absolute atomic E-state index is 0.0501. The fraction of sp³-hybridized carbons (Fsp3) is 0.615. The van der Waals surface area contributed by atoms with E-state index in [1.54, 1.807) is 11.0 Å². The Bertz CT molecular complexity index is 459. The molecule has 1 aromatic heterocycles. The van der Waals surface area contributed by atoms with Crippen LogP contribution in [0.25, 0.3) is 0 Å². The van der Waals surface area contributed by atoms with Crippen LogP contribution in [0.15, 0.2) is 12.3 Å². The average Bonchev–Trinajstić information content (AvgIpc) is 2.91. The summed E-state index contributed by atoms with van der Waals surface area (Å²) < 4.78 is 7.37. The van der Waals surface area contributed by atoms with Crippen molar-refractivity contribution in [3.8, 4) is 0 Å². The minimum Gasteiger partial charge on any atom is -0.397 e. The predicted molar refractivity (Wildman–Crippen MR) is 68.4 cm³/mol. The van der Waals surface area contributed by atoms with Gasteiger partial charge in [-0.2, -0.15) is 0 Å². The maximum absolute atomic E-state index is 12.5. The van der Waals surface area contributed by atoms with Gasteiger partial charge in [-0.15, -0.1) is 0 Å². The van der Waals surface area contributed by atoms with Gasteiger partial charge in [0.1, 0.15) is 5.69 Å². The number of ether oxygens (including phenoxy) is 1. The molecule has 5 heteroatoms. The third kappa shape index (κ3) is 1.99. The summed E-state index contributed by atoms with van der Waals surface area (Å²) >= 11 is 0. The van der Waals surface area contributed by atoms with E-state index in [0.29, 0.717) is 24.0 Å². The number of nitrogen functional groups attached to an aromatic ring is 1. The van der Waals surface area contributed by atoms with Gasteiger partial charge in [-0.05, 0) is 25.3 Å². The van der Waals surface area contributed by atoms with Crippen LogP contribution in [0.4, 0.5) is 5.69 Å². The summed E-state index contributed by atoms with van der Waals surface area (Å²) in [7, 11) is 1.85. The standard InChI is InChI=1S/C13H19N3O2/c1-15(11-4-5-18-8-11)13(17)12-6-9(14)7-16(12)10-2-3-10/h6-7,10-11H,2-5,8,14H2,1H3. The van der Waals surface area contributed by atoms with E-state index in [0.717, 1.165) is 25.9 Å². The second-order valence-corrected chi connectivity index (χ2v) is 5.23. The number of aromatic nitrogens is 1. The number of nitrogens with two attached hydrogens (primary N) is 1. The SMILES string of the molecule is CN(C(=O)c1cc(N)cn1C1CC1)C1CCOC1. The molecular weight excluding hydrogens is 230 g/mol. The molecule has 5 nitrogen and oxygen atoms in total. The van der Waals surface area contributed by atoms with Crippen LogP contribution in [-0.2, 0) is 4.74 Å². The van der Waals surface area contributed by atoms with Crippen LogP contribution >= 0.6 is 0 Å². The first-order chi connectivity index (χ1) is 8.66. The Morgan fingerprint density at radius 2 is 2.28 bits per heavy atom. The smallest absolute Gasteiger partial charge is 0.270 e. The van der Waals surface area contributed by atoms with Crippen LogP contribution in [0.5, 0.6) is 0 Å². The summed E-state index contributed by atoms with van der Waals surface area (Å²) in [5, 5.41) is 0. The zero-order valence-corrected chi connectivity index (χ0v) is 10.6. The molecule has 2 N–H and O–H groups in total. The highest BCUT2D eigenvalue weighted by atomic mass is 16.5. The quantitative estimate of drug-likeness (QED) is 0.877. The average molecular weight is 249 g/mol. The van der Waals surface area contributed by atoms with E-state index in [1.807, 2.05) is 17.8 Å². The first kappa shape index (κ1) is 11.6. The van der Waals surface area contributed by atoms with E-state index >= 15 is 0 Å². The lowest BCUT2D eigenvalue weighted by Gasteiger charge is -2.23. The highest BCUT2D eigenvalue weighted by molar-refractivity contribution is 5.94. The third-order valence-corrected chi connectivity index (χ3v) is 3.80. The molecule has 1 aliphatic carbocycles. The summed E-state index contributed by atoms with van der Waals surface area (Å²) in [5.41, 5.74) is 7.20. The predicted octanol–water partition coefficient (Wildman–Crippen LogP) is 1.27. The van der Waals surface area contributed by atoms with E-state index in [4.69, 9.17) is 10.5 Å². The molecule has 0 bridgehead atoms. The Labute approximate surface area is 106 Å². The fourth-order valence-corrected chi connectivity index (χ4v) is 2.50. The van der Waals surface area contributed by atoms with Gasteiger partial charge in [0.15, 0.2) is 0 Å². The van der Waals surface area contributed by atoms with E-state index in [9.17, 15) is 4.79 Å². The normalized spacial score (nSPS) is 23.3. The summed E-state index contributed by atoms with van der Waals surface area (Å²) in [6, 6.07) is 2.45. The Morgan fingerprint density at radius 1 is 1.50 bits per heavy atom. The molecule has 1 aliphatic heterocycles. The lowest BCUT2D eigenvalue weighted by molar-refractivity contribution is 0.0700. The summed E-state index contributed by atoms with van der Waals surface area (Å²) in [5.74, 6) is 0.0501. The Morgan fingerprint density at radius 3 is 2.89 bits per heavy atom. The maximum Gasteiger partial charge on any atom is 0.270 e. The molecule has 98 valence electrons. The number of amides is 1. The van der Waals surface area contributed by atoms with Crippen molar-refractivity contribution in [2.45, 2.75) is 31.3 Å². The Balaban J connectivity index is 1.82. The molecule has 3 rings (SSSR count). The minimum atomic E-state index is 0.0501. The van der Waals surface area contributed by atoms with Gasteiger partial charge in [0.05, 0.1) is 18.3 Å². The summed E-state index contributed by atoms with van der Waals surface area (Å²) in [6.07, 6.45) is 5.08. The number of hydrogen-bond acceptors (Lipinski definition) is 3. The molecule has 1 amide bonds. The maximum atomic E-state index is 12.5. The first-order valence-corrected chi connectivity index (χ1v) is 6.49. The van der Waals surface area contributed by atoms with Crippen molar-refractivity contribution in [2.24, 2.45) is 0 Å². The number of anilines is 1. The molecule has 2 heterocycles. The van der Waals surface area contributed by atoms with Gasteiger partial charge in [-0.1, -0.05) is 0 Å². The van der Waals surface area contributed by atoms with Crippen LogP contribution in [0.1, 0.15) is 35.8 Å². The summed E-state index contributed by atoms with van der Waals surface area (Å²) in [4.78, 5) is 14.3. The lowest BCUT2D eigenvalue weighted by Crippen LogP contribution is -2.38. The number of hydrogen-bond donors (Lipinski definition) is 1. The van der Waals surface area contributed by atoms with Crippen LogP contribution in [0.2, 0.25) is 0 Å². The zero-order chi connectivity index (χ0) is 12.7. The second kappa shape index (κ2) is 4.31. The molecule has 0 spiro atoms. The number of carbonyl (C=O) groups excluding carboxylic acids is 1. The van der Waals surface area contributed by atoms with Crippen molar-refractivity contribution in [3.05, 3.63) is 18.0 Å². The van der Waals surface area contributed by atoms with Crippen LogP contribution in [0.3, 0.4) is 0 Å². The van der Waals surface area contributed by atoms with Crippen molar-refractivity contribution in [1.82, 2.24) is 9.47 Å². The number of rotatable bonds is 3. The molecule has 2 fully saturated rings. The second-order valence-electron chi connectivity index (χ2n) is 5.23. The van der Waals surface area contributed by atoms with Gasteiger partial charge < -0.3 is 19.9 Å².